The van der Waals surface area contributed by atoms with Crippen LogP contribution in [0.4, 0.5) is 0 Å². The van der Waals surface area contributed by atoms with Gasteiger partial charge in [-0.1, -0.05) is 0 Å². The van der Waals surface area contributed by atoms with Gasteiger partial charge in [0.05, 0.1) is 24.3 Å². The predicted molar refractivity (Wildman–Crippen MR) is 63.1 cm³/mol. The molecule has 0 aromatic carbocycles. The molecule has 0 radical (unpaired) electrons. The molecule has 90 valence electrons. The first kappa shape index (κ1) is 11.6. The van der Waals surface area contributed by atoms with Crippen LogP contribution >= 0.6 is 0 Å². The zero-order valence-electron chi connectivity index (χ0n) is 10.4. The summed E-state index contributed by atoms with van der Waals surface area (Å²) in [5.74, 6) is 0. The molecule has 1 aliphatic rings. The van der Waals surface area contributed by atoms with Gasteiger partial charge in [-0.2, -0.15) is 0 Å². The van der Waals surface area contributed by atoms with Gasteiger partial charge in [-0.25, -0.2) is 4.98 Å². The fourth-order valence-electron chi connectivity index (χ4n) is 2.24. The number of methoxy groups -OCH3 is 1. The minimum absolute atomic E-state index is 0.594. The van der Waals surface area contributed by atoms with Crippen molar-refractivity contribution in [2.24, 2.45) is 0 Å². The Balaban J connectivity index is 2.22. The number of nitrogens with zero attached hydrogens (tertiary/aromatic N) is 3. The van der Waals surface area contributed by atoms with Gasteiger partial charge in [-0.05, 0) is 20.3 Å². The highest BCUT2D eigenvalue weighted by atomic mass is 16.5. The van der Waals surface area contributed by atoms with Gasteiger partial charge in [0.1, 0.15) is 0 Å². The van der Waals surface area contributed by atoms with Gasteiger partial charge >= 0.3 is 0 Å². The number of ether oxygens (including phenoxy) is 1. The van der Waals surface area contributed by atoms with E-state index in [1.807, 2.05) is 6.33 Å². The van der Waals surface area contributed by atoms with E-state index in [1.165, 1.54) is 18.7 Å². The Labute approximate surface area is 97.2 Å². The van der Waals surface area contributed by atoms with Crippen LogP contribution in [0.5, 0.6) is 0 Å². The van der Waals surface area contributed by atoms with E-state index < -0.39 is 0 Å². The van der Waals surface area contributed by atoms with Gasteiger partial charge < -0.3 is 9.30 Å². The molecule has 0 saturated heterocycles. The average molecular weight is 223 g/mol. The van der Waals surface area contributed by atoms with Gasteiger partial charge in [0.15, 0.2) is 0 Å². The summed E-state index contributed by atoms with van der Waals surface area (Å²) in [5.41, 5.74) is 2.42. The number of hydrogen-bond donors (Lipinski definition) is 0. The number of imidazole rings is 1. The van der Waals surface area contributed by atoms with Crippen molar-refractivity contribution >= 4 is 0 Å². The summed E-state index contributed by atoms with van der Waals surface area (Å²) in [6.07, 6.45) is 3.15. The van der Waals surface area contributed by atoms with Gasteiger partial charge in [0, 0.05) is 32.8 Å². The van der Waals surface area contributed by atoms with Crippen molar-refractivity contribution < 1.29 is 4.74 Å². The highest BCUT2D eigenvalue weighted by Crippen LogP contribution is 2.18. The van der Waals surface area contributed by atoms with E-state index >= 15 is 0 Å². The second-order valence-corrected chi connectivity index (χ2v) is 4.68. The quantitative estimate of drug-likeness (QED) is 0.780. The van der Waals surface area contributed by atoms with Crippen molar-refractivity contribution in [1.29, 1.82) is 0 Å². The molecule has 1 aromatic heterocycles. The van der Waals surface area contributed by atoms with Crippen LogP contribution in [-0.4, -0.2) is 34.1 Å². The molecule has 0 spiro atoms. The maximum absolute atomic E-state index is 5.19. The number of hydrogen-bond acceptors (Lipinski definition) is 3. The van der Waals surface area contributed by atoms with Gasteiger partial charge in [0.2, 0.25) is 0 Å². The van der Waals surface area contributed by atoms with Crippen molar-refractivity contribution in [3.63, 3.8) is 0 Å². The van der Waals surface area contributed by atoms with Crippen LogP contribution < -0.4 is 0 Å². The standard InChI is InChI=1S/C12H21N3O/c1-10(2)14-5-4-6-15-9-13-11(8-16-3)12(15)7-14/h9-10H,4-8H2,1-3H3. The topological polar surface area (TPSA) is 30.3 Å². The van der Waals surface area contributed by atoms with E-state index in [4.69, 9.17) is 4.74 Å². The summed E-state index contributed by atoms with van der Waals surface area (Å²) in [7, 11) is 1.72. The highest BCUT2D eigenvalue weighted by Gasteiger charge is 2.19. The molecule has 0 saturated carbocycles. The second-order valence-electron chi connectivity index (χ2n) is 4.68. The third kappa shape index (κ3) is 2.28. The SMILES string of the molecule is COCc1ncn2c1CN(C(C)C)CCC2. The van der Waals surface area contributed by atoms with E-state index in [1.54, 1.807) is 7.11 Å². The summed E-state index contributed by atoms with van der Waals surface area (Å²) < 4.78 is 7.47. The normalized spacial score (nSPS) is 17.5. The molecule has 16 heavy (non-hydrogen) atoms. The van der Waals surface area contributed by atoms with Crippen LogP contribution in [0, 0.1) is 0 Å². The first-order valence-electron chi connectivity index (χ1n) is 5.98. The Kier molecular flexibility index (Phi) is 3.61. The fraction of sp³-hybridized carbons (Fsp3) is 0.750. The molecule has 4 nitrogen and oxygen atoms in total. The molecule has 2 rings (SSSR count). The van der Waals surface area contributed by atoms with Crippen LogP contribution in [0.15, 0.2) is 6.33 Å². The fourth-order valence-corrected chi connectivity index (χ4v) is 2.24. The van der Waals surface area contributed by atoms with Crippen molar-refractivity contribution in [3.8, 4) is 0 Å². The molecule has 0 unspecified atom stereocenters. The second kappa shape index (κ2) is 4.97. The number of aromatic nitrogens is 2. The largest absolute Gasteiger partial charge is 0.378 e. The lowest BCUT2D eigenvalue weighted by molar-refractivity contribution is 0.176. The number of rotatable bonds is 3. The Morgan fingerprint density at radius 1 is 1.44 bits per heavy atom. The van der Waals surface area contributed by atoms with E-state index in [0.717, 1.165) is 18.8 Å². The molecule has 1 aliphatic heterocycles. The van der Waals surface area contributed by atoms with Gasteiger partial charge in [0.25, 0.3) is 0 Å². The lowest BCUT2D eigenvalue weighted by Crippen LogP contribution is -2.30. The summed E-state index contributed by atoms with van der Waals surface area (Å²) in [5, 5.41) is 0. The third-order valence-corrected chi connectivity index (χ3v) is 3.24. The van der Waals surface area contributed by atoms with E-state index in [2.05, 4.69) is 28.3 Å². The molecule has 0 bridgehead atoms. The minimum Gasteiger partial charge on any atom is -0.378 e. The Bertz CT molecular complexity index is 346. The van der Waals surface area contributed by atoms with Crippen LogP contribution in [-0.2, 0) is 24.4 Å². The van der Waals surface area contributed by atoms with E-state index in [9.17, 15) is 0 Å². The Hall–Kier alpha value is -0.870. The molecule has 0 aliphatic carbocycles. The molecular weight excluding hydrogens is 202 g/mol. The predicted octanol–water partition coefficient (Wildman–Crippen LogP) is 1.64. The highest BCUT2D eigenvalue weighted by molar-refractivity contribution is 5.13. The lowest BCUT2D eigenvalue weighted by Gasteiger charge is -2.24. The molecular formula is C12H21N3O. The maximum Gasteiger partial charge on any atom is 0.0953 e. The van der Waals surface area contributed by atoms with Crippen LogP contribution in [0.2, 0.25) is 0 Å². The average Bonchev–Trinajstić information content (AvgIpc) is 2.50. The molecule has 0 N–H and O–H groups in total. The Morgan fingerprint density at radius 2 is 2.25 bits per heavy atom. The monoisotopic (exact) mass is 223 g/mol. The van der Waals surface area contributed by atoms with Crippen LogP contribution in [0.3, 0.4) is 0 Å². The van der Waals surface area contributed by atoms with Crippen molar-refractivity contribution in [2.75, 3.05) is 13.7 Å². The molecule has 2 heterocycles. The molecule has 4 heteroatoms. The van der Waals surface area contributed by atoms with E-state index in [0.29, 0.717) is 12.6 Å². The van der Waals surface area contributed by atoms with Crippen molar-refractivity contribution in [2.45, 2.75) is 46.0 Å². The molecule has 0 amide bonds. The summed E-state index contributed by atoms with van der Waals surface area (Å²) >= 11 is 0. The summed E-state index contributed by atoms with van der Waals surface area (Å²) in [6, 6.07) is 0.594. The van der Waals surface area contributed by atoms with E-state index in [-0.39, 0.29) is 0 Å². The minimum atomic E-state index is 0.594. The number of fused-ring (bicyclic) bond motifs is 1. The summed E-state index contributed by atoms with van der Waals surface area (Å²) in [6.45, 7) is 8.37. The van der Waals surface area contributed by atoms with Crippen LogP contribution in [0.25, 0.3) is 0 Å². The third-order valence-electron chi connectivity index (χ3n) is 3.24. The van der Waals surface area contributed by atoms with Gasteiger partial charge in [-0.15, -0.1) is 0 Å². The van der Waals surface area contributed by atoms with Crippen molar-refractivity contribution in [3.05, 3.63) is 17.7 Å². The zero-order valence-corrected chi connectivity index (χ0v) is 10.4. The van der Waals surface area contributed by atoms with Crippen molar-refractivity contribution in [1.82, 2.24) is 14.5 Å². The Morgan fingerprint density at radius 3 is 2.94 bits per heavy atom. The number of aryl methyl sites for hydroxylation is 1. The first-order valence-corrected chi connectivity index (χ1v) is 5.98. The first-order chi connectivity index (χ1) is 7.72. The molecule has 1 aromatic rings. The molecule has 0 fully saturated rings. The lowest BCUT2D eigenvalue weighted by atomic mass is 10.2. The van der Waals surface area contributed by atoms with Gasteiger partial charge in [-0.3, -0.25) is 4.90 Å². The maximum atomic E-state index is 5.19. The molecule has 0 atom stereocenters. The smallest absolute Gasteiger partial charge is 0.0953 e. The summed E-state index contributed by atoms with van der Waals surface area (Å²) in [4.78, 5) is 6.93. The van der Waals surface area contributed by atoms with Crippen LogP contribution in [0.1, 0.15) is 31.7 Å². The zero-order chi connectivity index (χ0) is 11.5.